The molecule has 3 rings (SSSR count). The van der Waals surface area contributed by atoms with Gasteiger partial charge in [-0.2, -0.15) is 0 Å². The summed E-state index contributed by atoms with van der Waals surface area (Å²) in [4.78, 5) is 30.0. The second-order valence-corrected chi connectivity index (χ2v) is 11.7. The van der Waals surface area contributed by atoms with Crippen LogP contribution in [0.1, 0.15) is 51.2 Å². The van der Waals surface area contributed by atoms with Crippen molar-refractivity contribution in [3.05, 3.63) is 21.9 Å². The zero-order chi connectivity index (χ0) is 26.1. The van der Waals surface area contributed by atoms with E-state index in [1.165, 1.54) is 31.3 Å². The van der Waals surface area contributed by atoms with Gasteiger partial charge in [-0.1, -0.05) is 39.3 Å². The Morgan fingerprint density at radius 3 is 2.63 bits per heavy atom. The van der Waals surface area contributed by atoms with Gasteiger partial charge in [0.1, 0.15) is 17.7 Å². The van der Waals surface area contributed by atoms with E-state index >= 15 is 4.39 Å². The van der Waals surface area contributed by atoms with Crippen LogP contribution in [0, 0.1) is 24.2 Å². The molecule has 0 bridgehead atoms. The minimum atomic E-state index is -1.41. The lowest BCUT2D eigenvalue weighted by atomic mass is 9.73. The number of carbonyl (C=O) groups is 2. The molecule has 11 heteroatoms. The molecule has 3 heterocycles. The molecular formula is C24H33ClFNO7S. The van der Waals surface area contributed by atoms with Gasteiger partial charge in [0.05, 0.1) is 48.0 Å². The maximum atomic E-state index is 15.2. The van der Waals surface area contributed by atoms with Crippen molar-refractivity contribution in [2.75, 3.05) is 13.2 Å². The lowest BCUT2D eigenvalue weighted by Crippen LogP contribution is -2.46. The maximum absolute atomic E-state index is 15.2. The number of rotatable bonds is 2. The quantitative estimate of drug-likeness (QED) is 0.337. The van der Waals surface area contributed by atoms with E-state index in [0.29, 0.717) is 5.69 Å². The molecule has 2 saturated heterocycles. The van der Waals surface area contributed by atoms with Crippen LogP contribution in [0.5, 0.6) is 0 Å². The Kier molecular flexibility index (Phi) is 8.77. The highest BCUT2D eigenvalue weighted by Gasteiger charge is 2.57. The summed E-state index contributed by atoms with van der Waals surface area (Å²) in [5, 5.41) is 22.6. The number of hydrogen-bond acceptors (Lipinski definition) is 9. The molecule has 1 aromatic rings. The molecule has 0 spiro atoms. The average Bonchev–Trinajstić information content (AvgIpc) is 3.22. The first-order valence-electron chi connectivity index (χ1n) is 11.6. The van der Waals surface area contributed by atoms with Crippen molar-refractivity contribution in [1.82, 2.24) is 4.98 Å². The summed E-state index contributed by atoms with van der Waals surface area (Å²) in [5.74, 6) is -3.27. The molecule has 7 atom stereocenters. The van der Waals surface area contributed by atoms with Crippen molar-refractivity contribution >= 4 is 40.8 Å². The molecule has 0 aromatic carbocycles. The van der Waals surface area contributed by atoms with E-state index in [4.69, 9.17) is 25.8 Å². The third kappa shape index (κ3) is 6.67. The average molecular weight is 534 g/mol. The number of aryl methyl sites for hydroxylation is 1. The van der Waals surface area contributed by atoms with Crippen molar-refractivity contribution in [1.29, 1.82) is 0 Å². The number of epoxide rings is 1. The molecule has 1 aromatic heterocycles. The van der Waals surface area contributed by atoms with Gasteiger partial charge in [-0.15, -0.1) is 11.3 Å². The number of halogens is 2. The summed E-state index contributed by atoms with van der Waals surface area (Å²) in [6, 6.07) is 0. The van der Waals surface area contributed by atoms with Gasteiger partial charge in [-0.3, -0.25) is 9.59 Å². The molecular weight excluding hydrogens is 501 g/mol. The SMILES string of the molecule is Cc1nc(C=C(F)[C@@H]2C[C@@H]3O[C@]3(Cl)COC[C@H](C)[C@H](O)[C@@H](C)C(=O)C(C)(C)[C@@H](O)CC(=O)O2)cs1. The number of nitrogens with zero attached hydrogens (tertiary/aromatic N) is 1. The number of thiazole rings is 1. The molecule has 2 fully saturated rings. The molecule has 2 N–H and O–H groups in total. The van der Waals surface area contributed by atoms with Crippen LogP contribution in [0.25, 0.3) is 6.08 Å². The Balaban J connectivity index is 1.85. The molecule has 2 aliphatic heterocycles. The van der Waals surface area contributed by atoms with Crippen molar-refractivity contribution in [3.63, 3.8) is 0 Å². The van der Waals surface area contributed by atoms with Gasteiger partial charge in [0, 0.05) is 23.6 Å². The number of cyclic esters (lactones) is 1. The number of aromatic nitrogens is 1. The van der Waals surface area contributed by atoms with E-state index in [0.717, 1.165) is 5.01 Å². The molecule has 0 unspecified atom stereocenters. The van der Waals surface area contributed by atoms with E-state index in [1.54, 1.807) is 26.2 Å². The van der Waals surface area contributed by atoms with E-state index < -0.39 is 70.7 Å². The summed E-state index contributed by atoms with van der Waals surface area (Å²) in [5.41, 5.74) is -0.970. The number of alkyl halides is 1. The molecule has 0 saturated carbocycles. The summed E-state index contributed by atoms with van der Waals surface area (Å²) in [6.07, 6.45) is -3.83. The third-order valence-electron chi connectivity index (χ3n) is 6.71. The van der Waals surface area contributed by atoms with Gasteiger partial charge in [-0.25, -0.2) is 9.37 Å². The minimum absolute atomic E-state index is 0.0277. The summed E-state index contributed by atoms with van der Waals surface area (Å²) >= 11 is 7.80. The smallest absolute Gasteiger partial charge is 0.309 e. The van der Waals surface area contributed by atoms with Gasteiger partial charge in [-0.05, 0) is 13.0 Å². The fourth-order valence-electron chi connectivity index (χ4n) is 4.15. The Labute approximate surface area is 213 Å². The number of aliphatic hydroxyl groups is 2. The maximum Gasteiger partial charge on any atom is 0.309 e. The van der Waals surface area contributed by atoms with Crippen LogP contribution in [0.2, 0.25) is 0 Å². The third-order valence-corrected chi connectivity index (χ3v) is 7.94. The van der Waals surface area contributed by atoms with Crippen LogP contribution in [-0.2, 0) is 23.8 Å². The van der Waals surface area contributed by atoms with Crippen LogP contribution in [0.3, 0.4) is 0 Å². The van der Waals surface area contributed by atoms with Gasteiger partial charge in [0.2, 0.25) is 0 Å². The molecule has 196 valence electrons. The Morgan fingerprint density at radius 2 is 2.00 bits per heavy atom. The van der Waals surface area contributed by atoms with Crippen molar-refractivity contribution in [2.24, 2.45) is 17.3 Å². The van der Waals surface area contributed by atoms with Gasteiger partial charge < -0.3 is 24.4 Å². The number of Topliss-reactive ketones (excluding diaryl/α,β-unsaturated/α-hetero) is 1. The normalized spacial score (nSPS) is 37.5. The van der Waals surface area contributed by atoms with Crippen LogP contribution in [-0.4, -0.2) is 69.6 Å². The second-order valence-electron chi connectivity index (χ2n) is 10.0. The largest absolute Gasteiger partial charge is 0.455 e. The van der Waals surface area contributed by atoms with Crippen LogP contribution in [0.4, 0.5) is 4.39 Å². The van der Waals surface area contributed by atoms with Crippen molar-refractivity contribution < 1.29 is 38.4 Å². The lowest BCUT2D eigenvalue weighted by Gasteiger charge is -2.34. The first-order valence-corrected chi connectivity index (χ1v) is 12.8. The van der Waals surface area contributed by atoms with E-state index in [1.807, 2.05) is 0 Å². The second kappa shape index (κ2) is 10.9. The molecule has 0 amide bonds. The number of hydrogen-bond donors (Lipinski definition) is 2. The van der Waals surface area contributed by atoms with E-state index in [2.05, 4.69) is 4.98 Å². The topological polar surface area (TPSA) is 118 Å². The highest BCUT2D eigenvalue weighted by atomic mass is 35.5. The number of fused-ring (bicyclic) bond motifs is 1. The summed E-state index contributed by atoms with van der Waals surface area (Å²) in [7, 11) is 0. The Morgan fingerprint density at radius 1 is 1.31 bits per heavy atom. The highest BCUT2D eigenvalue weighted by molar-refractivity contribution is 7.09. The molecule has 0 radical (unpaired) electrons. The summed E-state index contributed by atoms with van der Waals surface area (Å²) in [6.45, 7) is 8.19. The van der Waals surface area contributed by atoms with E-state index in [9.17, 15) is 19.8 Å². The van der Waals surface area contributed by atoms with Crippen molar-refractivity contribution in [2.45, 2.75) is 76.9 Å². The number of aliphatic hydroxyl groups excluding tert-OH is 2. The molecule has 8 nitrogen and oxygen atoms in total. The fourth-order valence-corrected chi connectivity index (χ4v) is 4.99. The predicted octanol–water partition coefficient (Wildman–Crippen LogP) is 3.41. The standard InChI is InChI=1S/C24H33ClFNO7S/c1-12-9-32-11-24(25)19(34-24)7-17(16(26)6-15-10-35-14(3)27-15)33-20(29)8-18(28)23(4,5)22(31)13(2)21(12)30/h6,10,12-13,17-19,21,28,30H,7-9,11H2,1-5H3/t12-,13+,17-,18-,19-,21-,24+/m0/s1. The number of ether oxygens (including phenoxy) is 3. The first-order chi connectivity index (χ1) is 16.2. The van der Waals surface area contributed by atoms with Crippen LogP contribution < -0.4 is 0 Å². The van der Waals surface area contributed by atoms with Gasteiger partial charge in [0.25, 0.3) is 0 Å². The first kappa shape index (κ1) is 28.1. The number of ketones is 1. The van der Waals surface area contributed by atoms with Crippen LogP contribution in [0.15, 0.2) is 11.2 Å². The fraction of sp³-hybridized carbons (Fsp3) is 0.708. The molecule has 0 aliphatic carbocycles. The van der Waals surface area contributed by atoms with Crippen LogP contribution >= 0.6 is 22.9 Å². The number of carbonyl (C=O) groups excluding carboxylic acids is 2. The zero-order valence-electron chi connectivity index (χ0n) is 20.5. The van der Waals surface area contributed by atoms with E-state index in [-0.39, 0.29) is 19.6 Å². The van der Waals surface area contributed by atoms with Crippen molar-refractivity contribution in [3.8, 4) is 0 Å². The summed E-state index contributed by atoms with van der Waals surface area (Å²) < 4.78 is 31.8. The monoisotopic (exact) mass is 533 g/mol. The molecule has 35 heavy (non-hydrogen) atoms. The molecule has 2 aliphatic rings. The number of esters is 1. The highest BCUT2D eigenvalue weighted by Crippen LogP contribution is 2.45. The zero-order valence-corrected chi connectivity index (χ0v) is 22.1. The van der Waals surface area contributed by atoms with Gasteiger partial charge >= 0.3 is 5.97 Å². The predicted molar refractivity (Wildman–Crippen MR) is 128 cm³/mol. The lowest BCUT2D eigenvalue weighted by molar-refractivity contribution is -0.155. The Hall–Kier alpha value is -1.43. The minimum Gasteiger partial charge on any atom is -0.455 e. The Bertz CT molecular complexity index is 969. The van der Waals surface area contributed by atoms with Gasteiger partial charge in [0.15, 0.2) is 11.2 Å².